The maximum Gasteiger partial charge on any atom is 0.305 e. The van der Waals surface area contributed by atoms with Crippen LogP contribution in [0, 0.1) is 11.2 Å². The number of amides is 1. The van der Waals surface area contributed by atoms with Gasteiger partial charge in [-0.15, -0.1) is 0 Å². The molecule has 1 spiro atoms. The van der Waals surface area contributed by atoms with E-state index in [-0.39, 0.29) is 29.5 Å². The smallest absolute Gasteiger partial charge is 0.305 e. The van der Waals surface area contributed by atoms with Crippen LogP contribution in [0.2, 0.25) is 0 Å². The van der Waals surface area contributed by atoms with Gasteiger partial charge in [0.25, 0.3) is 0 Å². The monoisotopic (exact) mass is 406 g/mol. The zero-order valence-electron chi connectivity index (χ0n) is 17.4. The summed E-state index contributed by atoms with van der Waals surface area (Å²) in [6, 6.07) is 4.86. The minimum absolute atomic E-state index is 0.0889. The van der Waals surface area contributed by atoms with Gasteiger partial charge in [0, 0.05) is 50.0 Å². The molecule has 1 aromatic carbocycles. The molecule has 0 N–H and O–H groups in total. The van der Waals surface area contributed by atoms with Crippen molar-refractivity contribution >= 4 is 11.9 Å². The molecule has 0 aliphatic carbocycles. The number of likely N-dealkylation sites (tertiary alicyclic amines) is 2. The number of nitrogens with zero attached hydrogens (tertiary/aromatic N) is 2. The van der Waals surface area contributed by atoms with Gasteiger partial charge in [0.15, 0.2) is 0 Å². The fourth-order valence-corrected chi connectivity index (χ4v) is 4.61. The molecule has 1 aromatic rings. The summed E-state index contributed by atoms with van der Waals surface area (Å²) in [7, 11) is 2.95. The van der Waals surface area contributed by atoms with Crippen LogP contribution in [-0.2, 0) is 20.9 Å². The summed E-state index contributed by atoms with van der Waals surface area (Å²) >= 11 is 0. The first-order valence-corrected chi connectivity index (χ1v) is 10.3. The fraction of sp³-hybridized carbons (Fsp3) is 0.636. The maximum absolute atomic E-state index is 14.2. The van der Waals surface area contributed by atoms with Gasteiger partial charge in [0.1, 0.15) is 11.6 Å². The molecule has 1 atom stereocenters. The van der Waals surface area contributed by atoms with Crippen molar-refractivity contribution in [1.29, 1.82) is 0 Å². The summed E-state index contributed by atoms with van der Waals surface area (Å²) in [5.41, 5.74) is 0.737. The highest BCUT2D eigenvalue weighted by atomic mass is 19.1. The van der Waals surface area contributed by atoms with E-state index in [2.05, 4.69) is 9.64 Å². The number of benzene rings is 1. The number of methoxy groups -OCH3 is 2. The van der Waals surface area contributed by atoms with Gasteiger partial charge < -0.3 is 14.4 Å². The number of carbonyl (C=O) groups excluding carboxylic acids is 2. The second-order valence-electron chi connectivity index (χ2n) is 8.27. The van der Waals surface area contributed by atoms with Crippen molar-refractivity contribution < 1.29 is 23.5 Å². The molecular formula is C22H31FN2O4. The molecule has 0 radical (unpaired) electrons. The van der Waals surface area contributed by atoms with Gasteiger partial charge >= 0.3 is 5.97 Å². The molecule has 0 aromatic heterocycles. The van der Waals surface area contributed by atoms with Crippen molar-refractivity contribution in [2.75, 3.05) is 40.4 Å². The number of piperidine rings is 1. The number of hydrogen-bond acceptors (Lipinski definition) is 5. The second kappa shape index (κ2) is 9.57. The lowest BCUT2D eigenvalue weighted by Crippen LogP contribution is -2.45. The molecule has 1 amide bonds. The third-order valence-corrected chi connectivity index (χ3v) is 6.18. The number of esters is 1. The van der Waals surface area contributed by atoms with Crippen LogP contribution in [-0.4, -0.2) is 62.1 Å². The van der Waals surface area contributed by atoms with Gasteiger partial charge in [-0.2, -0.15) is 0 Å². The van der Waals surface area contributed by atoms with Crippen LogP contribution in [0.1, 0.15) is 44.1 Å². The lowest BCUT2D eigenvalue weighted by atomic mass is 9.79. The number of rotatable bonds is 7. The summed E-state index contributed by atoms with van der Waals surface area (Å²) in [5, 5.41) is 0. The summed E-state index contributed by atoms with van der Waals surface area (Å²) in [6.07, 6.45) is 4.31. The molecule has 2 aliphatic heterocycles. The molecule has 3 rings (SSSR count). The van der Waals surface area contributed by atoms with Crippen molar-refractivity contribution in [3.63, 3.8) is 0 Å². The quantitative estimate of drug-likeness (QED) is 0.652. The zero-order valence-corrected chi connectivity index (χ0v) is 17.4. The summed E-state index contributed by atoms with van der Waals surface area (Å²) in [4.78, 5) is 28.0. The molecule has 0 bridgehead atoms. The molecule has 0 unspecified atom stereocenters. The molecule has 160 valence electrons. The van der Waals surface area contributed by atoms with E-state index in [0.717, 1.165) is 45.4 Å². The first-order valence-electron chi connectivity index (χ1n) is 10.3. The van der Waals surface area contributed by atoms with Gasteiger partial charge in [0.05, 0.1) is 14.2 Å². The Kier molecular flexibility index (Phi) is 7.11. The second-order valence-corrected chi connectivity index (χ2v) is 8.27. The number of carbonyl (C=O) groups is 2. The summed E-state index contributed by atoms with van der Waals surface area (Å²) in [5.74, 6) is 0.294. The van der Waals surface area contributed by atoms with Gasteiger partial charge in [0.2, 0.25) is 5.91 Å². The predicted octanol–water partition coefficient (Wildman–Crippen LogP) is 2.99. The van der Waals surface area contributed by atoms with Crippen LogP contribution in [0.15, 0.2) is 18.2 Å². The molecule has 2 heterocycles. The first-order chi connectivity index (χ1) is 13.9. The van der Waals surface area contributed by atoms with E-state index in [1.165, 1.54) is 13.2 Å². The van der Waals surface area contributed by atoms with Gasteiger partial charge in [-0.05, 0) is 50.4 Å². The van der Waals surface area contributed by atoms with Gasteiger partial charge in [-0.25, -0.2) is 4.39 Å². The topological polar surface area (TPSA) is 59.1 Å². The molecule has 2 fully saturated rings. The van der Waals surface area contributed by atoms with E-state index < -0.39 is 0 Å². The van der Waals surface area contributed by atoms with E-state index in [0.29, 0.717) is 30.7 Å². The Morgan fingerprint density at radius 1 is 1.14 bits per heavy atom. The molecular weight excluding hydrogens is 375 g/mol. The first kappa shape index (κ1) is 21.6. The van der Waals surface area contributed by atoms with Crippen molar-refractivity contribution in [1.82, 2.24) is 9.80 Å². The minimum atomic E-state index is -0.275. The van der Waals surface area contributed by atoms with E-state index in [9.17, 15) is 14.0 Å². The van der Waals surface area contributed by atoms with Gasteiger partial charge in [-0.3, -0.25) is 14.5 Å². The maximum atomic E-state index is 14.2. The Bertz CT molecular complexity index is 742. The zero-order chi connectivity index (χ0) is 20.9. The highest BCUT2D eigenvalue weighted by Crippen LogP contribution is 2.39. The highest BCUT2D eigenvalue weighted by molar-refractivity contribution is 5.77. The Morgan fingerprint density at radius 2 is 1.97 bits per heavy atom. The predicted molar refractivity (Wildman–Crippen MR) is 107 cm³/mol. The van der Waals surface area contributed by atoms with Crippen LogP contribution < -0.4 is 4.74 Å². The molecule has 29 heavy (non-hydrogen) atoms. The molecule has 2 saturated heterocycles. The normalized spacial score (nSPS) is 22.1. The average Bonchev–Trinajstić information content (AvgIpc) is 3.12. The average molecular weight is 406 g/mol. The van der Waals surface area contributed by atoms with Crippen molar-refractivity contribution in [2.45, 2.75) is 45.1 Å². The van der Waals surface area contributed by atoms with Crippen LogP contribution >= 0.6 is 0 Å². The summed E-state index contributed by atoms with van der Waals surface area (Å²) < 4.78 is 24.1. The molecule has 7 heteroatoms. The van der Waals surface area contributed by atoms with Crippen LogP contribution in [0.3, 0.4) is 0 Å². The lowest BCUT2D eigenvalue weighted by molar-refractivity contribution is -0.140. The summed E-state index contributed by atoms with van der Waals surface area (Å²) in [6.45, 7) is 3.87. The molecule has 0 saturated carbocycles. The SMILES string of the molecule is COC(=O)CCCC(=O)N1CC[C@]2(CCCN(Cc3cc(OC)ccc3F)C2)C1. The standard InChI is InChI=1S/C22H31FN2O4/c1-28-18-7-8-19(23)17(13-18)14-24-11-4-9-22(15-24)10-12-25(16-22)20(26)5-3-6-21(27)29-2/h7-8,13H,3-6,9-12,14-16H2,1-2H3/t22-/m0/s1. The molecule has 2 aliphatic rings. The van der Waals surface area contributed by atoms with Crippen molar-refractivity contribution in [2.24, 2.45) is 5.41 Å². The Morgan fingerprint density at radius 3 is 2.72 bits per heavy atom. The van der Waals surface area contributed by atoms with Crippen LogP contribution in [0.4, 0.5) is 4.39 Å². The van der Waals surface area contributed by atoms with Crippen molar-refractivity contribution in [3.8, 4) is 5.75 Å². The lowest BCUT2D eigenvalue weighted by Gasteiger charge is -2.40. The van der Waals surface area contributed by atoms with Crippen molar-refractivity contribution in [3.05, 3.63) is 29.6 Å². The Labute approximate surface area is 171 Å². The number of hydrogen-bond donors (Lipinski definition) is 0. The van der Waals surface area contributed by atoms with Crippen LogP contribution in [0.25, 0.3) is 0 Å². The highest BCUT2D eigenvalue weighted by Gasteiger charge is 2.42. The number of ether oxygens (including phenoxy) is 2. The van der Waals surface area contributed by atoms with E-state index in [4.69, 9.17) is 4.74 Å². The fourth-order valence-electron chi connectivity index (χ4n) is 4.61. The van der Waals surface area contributed by atoms with E-state index in [1.807, 2.05) is 4.90 Å². The van der Waals surface area contributed by atoms with E-state index >= 15 is 0 Å². The van der Waals surface area contributed by atoms with E-state index in [1.54, 1.807) is 19.2 Å². The third kappa shape index (κ3) is 5.47. The third-order valence-electron chi connectivity index (χ3n) is 6.18. The Balaban J connectivity index is 1.55. The molecule has 6 nitrogen and oxygen atoms in total. The largest absolute Gasteiger partial charge is 0.497 e. The number of halogens is 1. The van der Waals surface area contributed by atoms with Crippen LogP contribution in [0.5, 0.6) is 5.75 Å². The van der Waals surface area contributed by atoms with Gasteiger partial charge in [-0.1, -0.05) is 0 Å². The minimum Gasteiger partial charge on any atom is -0.497 e. The Hall–Kier alpha value is -2.15.